The van der Waals surface area contributed by atoms with E-state index in [0.29, 0.717) is 10.5 Å². The van der Waals surface area contributed by atoms with Gasteiger partial charge in [-0.2, -0.15) is 13.2 Å². The molecule has 0 atom stereocenters. The van der Waals surface area contributed by atoms with E-state index in [-0.39, 0.29) is 11.9 Å². The molecule has 0 aliphatic carbocycles. The van der Waals surface area contributed by atoms with Crippen molar-refractivity contribution in [3.05, 3.63) is 69.0 Å². The number of carbonyl (C=O) groups is 1. The Hall–Kier alpha value is -2.94. The average molecular weight is 425 g/mol. The summed E-state index contributed by atoms with van der Waals surface area (Å²) in [5.41, 5.74) is -2.76. The van der Waals surface area contributed by atoms with Crippen LogP contribution in [0, 0.1) is 0 Å². The Morgan fingerprint density at radius 2 is 1.86 bits per heavy atom. The first-order chi connectivity index (χ1) is 13.5. The number of aromatic nitrogens is 3. The molecule has 1 amide bonds. The standard InChI is InChI=1S/C19H16ClF3N4O2/c1-18(2,24-16(28)12-5-3-4-6-14(12)19(21,22)23)10-27-17(29)13-8-7-11(20)9-15(13)25-26-27/h3-9H,10H2,1-2H3,(H,24,28). The van der Waals surface area contributed by atoms with Crippen LogP contribution in [0.1, 0.15) is 29.8 Å². The lowest BCUT2D eigenvalue weighted by atomic mass is 10.0. The Bertz CT molecular complexity index is 1140. The van der Waals surface area contributed by atoms with Gasteiger partial charge in [0.1, 0.15) is 5.52 Å². The molecule has 6 nitrogen and oxygen atoms in total. The number of fused-ring (bicyclic) bond motifs is 1. The van der Waals surface area contributed by atoms with Gasteiger partial charge in [0.2, 0.25) is 0 Å². The van der Waals surface area contributed by atoms with Crippen LogP contribution in [0.4, 0.5) is 13.2 Å². The van der Waals surface area contributed by atoms with Gasteiger partial charge in [-0.15, -0.1) is 5.10 Å². The predicted molar refractivity (Wildman–Crippen MR) is 102 cm³/mol. The molecule has 1 N–H and O–H groups in total. The van der Waals surface area contributed by atoms with E-state index in [1.807, 2.05) is 0 Å². The molecule has 0 radical (unpaired) electrons. The van der Waals surface area contributed by atoms with Gasteiger partial charge >= 0.3 is 6.18 Å². The SMILES string of the molecule is CC(C)(Cn1nnc2cc(Cl)ccc2c1=O)NC(=O)c1ccccc1C(F)(F)F. The highest BCUT2D eigenvalue weighted by molar-refractivity contribution is 6.31. The minimum absolute atomic E-state index is 0.0999. The number of rotatable bonds is 4. The third-order valence-corrected chi connectivity index (χ3v) is 4.39. The maximum absolute atomic E-state index is 13.2. The number of amides is 1. The summed E-state index contributed by atoms with van der Waals surface area (Å²) in [6.07, 6.45) is -4.67. The summed E-state index contributed by atoms with van der Waals surface area (Å²) >= 11 is 5.87. The molecule has 0 saturated heterocycles. The van der Waals surface area contributed by atoms with Crippen molar-refractivity contribution >= 4 is 28.4 Å². The molecule has 1 heterocycles. The van der Waals surface area contributed by atoms with E-state index in [1.54, 1.807) is 13.8 Å². The number of nitrogens with zero attached hydrogens (tertiary/aromatic N) is 3. The fraction of sp³-hybridized carbons (Fsp3) is 0.263. The first-order valence-corrected chi connectivity index (χ1v) is 8.87. The molecule has 0 fully saturated rings. The average Bonchev–Trinajstić information content (AvgIpc) is 2.63. The number of halogens is 4. The number of hydrogen-bond donors (Lipinski definition) is 1. The zero-order valence-electron chi connectivity index (χ0n) is 15.4. The second-order valence-corrected chi connectivity index (χ2v) is 7.53. The van der Waals surface area contributed by atoms with Crippen LogP contribution in [0.15, 0.2) is 47.3 Å². The Morgan fingerprint density at radius 1 is 1.17 bits per heavy atom. The Labute approximate surface area is 168 Å². The van der Waals surface area contributed by atoms with Gasteiger partial charge in [-0.25, -0.2) is 4.68 Å². The van der Waals surface area contributed by atoms with Gasteiger partial charge in [-0.05, 0) is 44.2 Å². The van der Waals surface area contributed by atoms with Gasteiger partial charge in [0.25, 0.3) is 11.5 Å². The first kappa shape index (κ1) is 20.8. The molecule has 152 valence electrons. The number of carbonyl (C=O) groups excluding carboxylic acids is 1. The van der Waals surface area contributed by atoms with Crippen LogP contribution < -0.4 is 10.9 Å². The molecular weight excluding hydrogens is 409 g/mol. The molecule has 0 aliphatic rings. The largest absolute Gasteiger partial charge is 0.417 e. The summed E-state index contributed by atoms with van der Waals surface area (Å²) in [6, 6.07) is 9.04. The molecule has 10 heteroatoms. The second-order valence-electron chi connectivity index (χ2n) is 7.10. The Morgan fingerprint density at radius 3 is 2.55 bits per heavy atom. The molecule has 0 bridgehead atoms. The van der Waals surface area contributed by atoms with E-state index in [0.717, 1.165) is 16.8 Å². The highest BCUT2D eigenvalue weighted by Crippen LogP contribution is 2.32. The third-order valence-electron chi connectivity index (χ3n) is 4.16. The molecule has 2 aromatic carbocycles. The molecule has 0 unspecified atom stereocenters. The van der Waals surface area contributed by atoms with Gasteiger partial charge in [-0.3, -0.25) is 9.59 Å². The highest BCUT2D eigenvalue weighted by Gasteiger charge is 2.36. The monoisotopic (exact) mass is 424 g/mol. The second kappa shape index (κ2) is 7.47. The van der Waals surface area contributed by atoms with Gasteiger partial charge in [0.15, 0.2) is 0 Å². The van der Waals surface area contributed by atoms with Crippen LogP contribution >= 0.6 is 11.6 Å². The van der Waals surface area contributed by atoms with Gasteiger partial charge in [0.05, 0.1) is 28.6 Å². The lowest BCUT2D eigenvalue weighted by Gasteiger charge is -2.27. The first-order valence-electron chi connectivity index (χ1n) is 8.50. The van der Waals surface area contributed by atoms with Crippen molar-refractivity contribution in [1.82, 2.24) is 20.3 Å². The highest BCUT2D eigenvalue weighted by atomic mass is 35.5. The van der Waals surface area contributed by atoms with Crippen LogP contribution in [0.25, 0.3) is 10.9 Å². The van der Waals surface area contributed by atoms with Crippen molar-refractivity contribution in [3.8, 4) is 0 Å². The smallest absolute Gasteiger partial charge is 0.345 e. The van der Waals surface area contributed by atoms with Crippen molar-refractivity contribution < 1.29 is 18.0 Å². The lowest BCUT2D eigenvalue weighted by Crippen LogP contribution is -2.49. The lowest BCUT2D eigenvalue weighted by molar-refractivity contribution is -0.138. The summed E-state index contributed by atoms with van der Waals surface area (Å²) in [7, 11) is 0. The van der Waals surface area contributed by atoms with E-state index >= 15 is 0 Å². The molecule has 1 aromatic heterocycles. The molecule has 3 aromatic rings. The summed E-state index contributed by atoms with van der Waals surface area (Å²) in [5.74, 6) is -0.906. The van der Waals surface area contributed by atoms with Crippen molar-refractivity contribution in [2.24, 2.45) is 0 Å². The van der Waals surface area contributed by atoms with E-state index in [9.17, 15) is 22.8 Å². The van der Waals surface area contributed by atoms with Crippen molar-refractivity contribution in [2.45, 2.75) is 32.1 Å². The summed E-state index contributed by atoms with van der Waals surface area (Å²) in [4.78, 5) is 25.1. The van der Waals surface area contributed by atoms with Crippen LogP contribution in [0.3, 0.4) is 0 Å². The molecule has 0 saturated carbocycles. The number of hydrogen-bond acceptors (Lipinski definition) is 4. The van der Waals surface area contributed by atoms with Crippen molar-refractivity contribution in [1.29, 1.82) is 0 Å². The van der Waals surface area contributed by atoms with Crippen LogP contribution in [-0.2, 0) is 12.7 Å². The fourth-order valence-corrected chi connectivity index (χ4v) is 3.04. The number of nitrogens with one attached hydrogen (secondary N) is 1. The maximum Gasteiger partial charge on any atom is 0.417 e. The number of benzene rings is 2. The molecular formula is C19H16ClF3N4O2. The minimum atomic E-state index is -4.67. The van der Waals surface area contributed by atoms with E-state index in [2.05, 4.69) is 15.6 Å². The van der Waals surface area contributed by atoms with Crippen LogP contribution in [0.5, 0.6) is 0 Å². The zero-order valence-corrected chi connectivity index (χ0v) is 16.2. The molecule has 0 aliphatic heterocycles. The molecule has 0 spiro atoms. The van der Waals surface area contributed by atoms with Crippen molar-refractivity contribution in [3.63, 3.8) is 0 Å². The maximum atomic E-state index is 13.2. The third kappa shape index (κ3) is 4.56. The quantitative estimate of drug-likeness (QED) is 0.693. The van der Waals surface area contributed by atoms with Crippen LogP contribution in [0.2, 0.25) is 5.02 Å². The van der Waals surface area contributed by atoms with Gasteiger partial charge in [-0.1, -0.05) is 28.9 Å². The Balaban J connectivity index is 1.87. The summed E-state index contributed by atoms with van der Waals surface area (Å²) in [6.45, 7) is 3.04. The molecule has 3 rings (SSSR count). The van der Waals surface area contributed by atoms with Crippen molar-refractivity contribution in [2.75, 3.05) is 0 Å². The van der Waals surface area contributed by atoms with E-state index < -0.39 is 34.3 Å². The minimum Gasteiger partial charge on any atom is -0.345 e. The molecule has 29 heavy (non-hydrogen) atoms. The number of alkyl halides is 3. The normalized spacial score (nSPS) is 12.2. The van der Waals surface area contributed by atoms with E-state index in [4.69, 9.17) is 11.6 Å². The van der Waals surface area contributed by atoms with Gasteiger partial charge in [0, 0.05) is 5.02 Å². The van der Waals surface area contributed by atoms with Gasteiger partial charge < -0.3 is 5.32 Å². The fourth-order valence-electron chi connectivity index (χ4n) is 2.87. The van der Waals surface area contributed by atoms with E-state index in [1.165, 1.54) is 30.3 Å². The van der Waals surface area contributed by atoms with Crippen LogP contribution in [-0.4, -0.2) is 26.4 Å². The zero-order chi connectivity index (χ0) is 21.4. The predicted octanol–water partition coefficient (Wildman–Crippen LogP) is 3.67. The topological polar surface area (TPSA) is 76.9 Å². The Kier molecular flexibility index (Phi) is 5.36. The summed E-state index contributed by atoms with van der Waals surface area (Å²) in [5, 5.41) is 11.0. The summed E-state index contributed by atoms with van der Waals surface area (Å²) < 4.78 is 40.5.